The number of Topliss-reactive ketones (excluding diaryl/α,β-unsaturated/α-hetero) is 1. The Bertz CT molecular complexity index is 544. The second-order valence-corrected chi connectivity index (χ2v) is 3.21. The monoisotopic (exact) mass is 221 g/mol. The SMILES string of the molecule is N#CC(=O)C1=Cc2cc(F)cc(F)c2OC1. The molecule has 0 saturated carbocycles. The van der Waals surface area contributed by atoms with E-state index in [1.54, 1.807) is 0 Å². The standard InChI is InChI=1S/C11H5F2NO2/c12-8-2-6-1-7(10(15)4-14)5-16-11(6)9(13)3-8/h1-3H,5H2. The van der Waals surface area contributed by atoms with Gasteiger partial charge in [-0.25, -0.2) is 8.78 Å². The van der Waals surface area contributed by atoms with E-state index in [9.17, 15) is 13.6 Å². The summed E-state index contributed by atoms with van der Waals surface area (Å²) in [5.41, 5.74) is 0.211. The molecule has 0 N–H and O–H groups in total. The molecule has 1 aromatic rings. The van der Waals surface area contributed by atoms with Gasteiger partial charge in [-0.1, -0.05) is 0 Å². The number of hydrogen-bond acceptors (Lipinski definition) is 3. The zero-order valence-corrected chi connectivity index (χ0v) is 7.96. The fourth-order valence-corrected chi connectivity index (χ4v) is 1.42. The number of nitrogens with zero attached hydrogens (tertiary/aromatic N) is 1. The van der Waals surface area contributed by atoms with Crippen LogP contribution >= 0.6 is 0 Å². The van der Waals surface area contributed by atoms with Crippen molar-refractivity contribution >= 4 is 11.9 Å². The lowest BCUT2D eigenvalue weighted by Crippen LogP contribution is -2.14. The van der Waals surface area contributed by atoms with Crippen molar-refractivity contribution in [3.05, 3.63) is 34.9 Å². The largest absolute Gasteiger partial charge is 0.485 e. The third kappa shape index (κ3) is 1.65. The highest BCUT2D eigenvalue weighted by molar-refractivity contribution is 6.10. The minimum absolute atomic E-state index is 0.0833. The van der Waals surface area contributed by atoms with E-state index >= 15 is 0 Å². The van der Waals surface area contributed by atoms with Crippen molar-refractivity contribution in [3.63, 3.8) is 0 Å². The lowest BCUT2D eigenvalue weighted by atomic mass is 10.0. The van der Waals surface area contributed by atoms with Crippen LogP contribution in [0.25, 0.3) is 6.08 Å². The van der Waals surface area contributed by atoms with Gasteiger partial charge in [0.15, 0.2) is 11.6 Å². The molecule has 3 nitrogen and oxygen atoms in total. The third-order valence-corrected chi connectivity index (χ3v) is 2.13. The maximum absolute atomic E-state index is 13.2. The average molecular weight is 221 g/mol. The number of ketones is 1. The van der Waals surface area contributed by atoms with Crippen LogP contribution < -0.4 is 4.74 Å². The zero-order valence-electron chi connectivity index (χ0n) is 7.96. The van der Waals surface area contributed by atoms with Crippen LogP contribution in [0.3, 0.4) is 0 Å². The molecule has 0 bridgehead atoms. The number of carbonyl (C=O) groups is 1. The summed E-state index contributed by atoms with van der Waals surface area (Å²) in [6, 6.07) is 3.16. The van der Waals surface area contributed by atoms with E-state index < -0.39 is 17.4 Å². The molecule has 0 unspecified atom stereocenters. The van der Waals surface area contributed by atoms with Gasteiger partial charge in [0.1, 0.15) is 18.5 Å². The first-order chi connectivity index (χ1) is 7.61. The highest BCUT2D eigenvalue weighted by atomic mass is 19.1. The molecule has 16 heavy (non-hydrogen) atoms. The number of fused-ring (bicyclic) bond motifs is 1. The molecule has 5 heteroatoms. The molecule has 0 aromatic heterocycles. The van der Waals surface area contributed by atoms with E-state index in [1.165, 1.54) is 12.1 Å². The van der Waals surface area contributed by atoms with Gasteiger partial charge in [0.25, 0.3) is 5.78 Å². The van der Waals surface area contributed by atoms with Crippen LogP contribution in [0.5, 0.6) is 5.75 Å². The van der Waals surface area contributed by atoms with Crippen molar-refractivity contribution in [1.82, 2.24) is 0 Å². The summed E-state index contributed by atoms with van der Waals surface area (Å²) in [6.45, 7) is -0.179. The minimum Gasteiger partial charge on any atom is -0.485 e. The van der Waals surface area contributed by atoms with Crippen molar-refractivity contribution in [2.24, 2.45) is 0 Å². The van der Waals surface area contributed by atoms with Crippen LogP contribution in [0.1, 0.15) is 5.56 Å². The molecule has 1 aromatic carbocycles. The number of benzene rings is 1. The van der Waals surface area contributed by atoms with E-state index in [2.05, 4.69) is 0 Å². The molecule has 0 amide bonds. The predicted octanol–water partition coefficient (Wildman–Crippen LogP) is 1.83. The number of carbonyl (C=O) groups excluding carboxylic acids is 1. The van der Waals surface area contributed by atoms with E-state index in [0.29, 0.717) is 6.07 Å². The Morgan fingerprint density at radius 3 is 2.88 bits per heavy atom. The Morgan fingerprint density at radius 2 is 2.19 bits per heavy atom. The second kappa shape index (κ2) is 3.74. The Balaban J connectivity index is 2.52. The van der Waals surface area contributed by atoms with Crippen LogP contribution in [0.4, 0.5) is 8.78 Å². The maximum atomic E-state index is 13.2. The third-order valence-electron chi connectivity index (χ3n) is 2.13. The Kier molecular flexibility index (Phi) is 2.41. The summed E-state index contributed by atoms with van der Waals surface area (Å²) in [5.74, 6) is -2.46. The molecule has 80 valence electrons. The van der Waals surface area contributed by atoms with Crippen molar-refractivity contribution in [2.75, 3.05) is 6.61 Å². The summed E-state index contributed by atoms with van der Waals surface area (Å²) in [7, 11) is 0. The first-order valence-corrected chi connectivity index (χ1v) is 4.38. The molecule has 0 atom stereocenters. The van der Waals surface area contributed by atoms with E-state index in [4.69, 9.17) is 10.00 Å². The topological polar surface area (TPSA) is 50.1 Å². The minimum atomic E-state index is -0.824. The van der Waals surface area contributed by atoms with Crippen molar-refractivity contribution in [2.45, 2.75) is 0 Å². The fourth-order valence-electron chi connectivity index (χ4n) is 1.42. The van der Waals surface area contributed by atoms with Gasteiger partial charge < -0.3 is 4.74 Å². The van der Waals surface area contributed by atoms with Gasteiger partial charge in [-0.2, -0.15) is 5.26 Å². The van der Waals surface area contributed by atoms with Crippen molar-refractivity contribution in [1.29, 1.82) is 5.26 Å². The van der Waals surface area contributed by atoms with E-state index in [-0.39, 0.29) is 23.5 Å². The Hall–Kier alpha value is -2.22. The van der Waals surface area contributed by atoms with E-state index in [0.717, 1.165) is 6.07 Å². The smallest absolute Gasteiger partial charge is 0.261 e. The Morgan fingerprint density at radius 1 is 1.44 bits per heavy atom. The van der Waals surface area contributed by atoms with Gasteiger partial charge in [0.05, 0.1) is 0 Å². The number of nitriles is 1. The van der Waals surface area contributed by atoms with E-state index in [1.807, 2.05) is 0 Å². The summed E-state index contributed by atoms with van der Waals surface area (Å²) in [6.07, 6.45) is 1.26. The van der Waals surface area contributed by atoms with Gasteiger partial charge in [0.2, 0.25) is 0 Å². The molecule has 0 saturated heterocycles. The molecule has 0 fully saturated rings. The quantitative estimate of drug-likeness (QED) is 0.680. The van der Waals surface area contributed by atoms with Gasteiger partial charge in [-0.3, -0.25) is 4.79 Å². The highest BCUT2D eigenvalue weighted by Gasteiger charge is 2.20. The molecular formula is C11H5F2NO2. The molecule has 0 spiro atoms. The van der Waals surface area contributed by atoms with Gasteiger partial charge in [-0.15, -0.1) is 0 Å². The predicted molar refractivity (Wildman–Crippen MR) is 50.5 cm³/mol. The maximum Gasteiger partial charge on any atom is 0.261 e. The van der Waals surface area contributed by atoms with Crippen LogP contribution in [-0.4, -0.2) is 12.4 Å². The average Bonchev–Trinajstić information content (AvgIpc) is 2.27. The number of ether oxygens (including phenoxy) is 1. The fraction of sp³-hybridized carbons (Fsp3) is 0.0909. The summed E-state index contributed by atoms with van der Waals surface area (Å²) < 4.78 is 31.1. The first kappa shape index (κ1) is 10.3. The van der Waals surface area contributed by atoms with Crippen LogP contribution in [0, 0.1) is 23.0 Å². The molecule has 0 radical (unpaired) electrons. The molecular weight excluding hydrogens is 216 g/mol. The van der Waals surface area contributed by atoms with Crippen molar-refractivity contribution in [3.8, 4) is 11.8 Å². The number of halogens is 2. The lowest BCUT2D eigenvalue weighted by molar-refractivity contribution is -0.111. The summed E-state index contributed by atoms with van der Waals surface area (Å²) in [5, 5.41) is 8.40. The second-order valence-electron chi connectivity index (χ2n) is 3.21. The lowest BCUT2D eigenvalue weighted by Gasteiger charge is -2.16. The van der Waals surface area contributed by atoms with Gasteiger partial charge in [0, 0.05) is 17.2 Å². The zero-order chi connectivity index (χ0) is 11.7. The normalized spacial score (nSPS) is 13.2. The van der Waals surface area contributed by atoms with Crippen LogP contribution in [0.15, 0.2) is 17.7 Å². The van der Waals surface area contributed by atoms with Crippen LogP contribution in [-0.2, 0) is 4.79 Å². The molecule has 1 heterocycles. The number of rotatable bonds is 1. The summed E-state index contributed by atoms with van der Waals surface area (Å²) >= 11 is 0. The Labute approximate surface area is 89.6 Å². The molecule has 1 aliphatic heterocycles. The van der Waals surface area contributed by atoms with Gasteiger partial charge in [-0.05, 0) is 12.1 Å². The number of hydrogen-bond donors (Lipinski definition) is 0. The molecule has 0 aliphatic carbocycles. The van der Waals surface area contributed by atoms with Crippen LogP contribution in [0.2, 0.25) is 0 Å². The van der Waals surface area contributed by atoms with Crippen molar-refractivity contribution < 1.29 is 18.3 Å². The molecule has 2 rings (SSSR count). The van der Waals surface area contributed by atoms with Gasteiger partial charge >= 0.3 is 0 Å². The first-order valence-electron chi connectivity index (χ1n) is 4.38. The molecule has 1 aliphatic rings. The summed E-state index contributed by atoms with van der Waals surface area (Å²) in [4.78, 5) is 11.0. The highest BCUT2D eigenvalue weighted by Crippen LogP contribution is 2.30.